The molecular formula is C15H18NO2+. The zero-order valence-electron chi connectivity index (χ0n) is 11.1. The fraction of sp³-hybridized carbons (Fsp3) is 0.400. The zero-order valence-corrected chi connectivity index (χ0v) is 11.1. The van der Waals surface area contributed by atoms with E-state index in [0.717, 1.165) is 29.9 Å². The van der Waals surface area contributed by atoms with E-state index in [1.165, 1.54) is 23.2 Å². The van der Waals surface area contributed by atoms with E-state index >= 15 is 0 Å². The number of nitrogens with zero attached hydrogens (tertiary/aromatic N) is 1. The molecule has 0 spiro atoms. The van der Waals surface area contributed by atoms with E-state index in [-0.39, 0.29) is 0 Å². The van der Waals surface area contributed by atoms with Gasteiger partial charge in [0.25, 0.3) is 0 Å². The normalized spacial score (nSPS) is 13.7. The van der Waals surface area contributed by atoms with Crippen molar-refractivity contribution < 1.29 is 14.0 Å². The number of rotatable bonds is 2. The van der Waals surface area contributed by atoms with Crippen molar-refractivity contribution in [3.8, 4) is 11.5 Å². The lowest BCUT2D eigenvalue weighted by Crippen LogP contribution is -2.36. The molecule has 3 nitrogen and oxygen atoms in total. The zero-order chi connectivity index (χ0) is 12.7. The summed E-state index contributed by atoms with van der Waals surface area (Å²) < 4.78 is 13.3. The summed E-state index contributed by atoms with van der Waals surface area (Å²) in [5.74, 6) is 1.64. The van der Waals surface area contributed by atoms with Gasteiger partial charge in [0, 0.05) is 31.2 Å². The van der Waals surface area contributed by atoms with Crippen molar-refractivity contribution in [2.45, 2.75) is 26.3 Å². The summed E-state index contributed by atoms with van der Waals surface area (Å²) in [7, 11) is 3.38. The Morgan fingerprint density at radius 2 is 1.94 bits per heavy atom. The summed E-state index contributed by atoms with van der Waals surface area (Å²) in [5, 5.41) is 2.40. The molecule has 1 aliphatic heterocycles. The third-order valence-corrected chi connectivity index (χ3v) is 3.85. The lowest BCUT2D eigenvalue weighted by atomic mass is 10.1. The molecule has 0 bridgehead atoms. The first-order chi connectivity index (χ1) is 8.76. The van der Waals surface area contributed by atoms with Gasteiger partial charge in [-0.3, -0.25) is 0 Å². The lowest BCUT2D eigenvalue weighted by Gasteiger charge is -2.11. The number of methoxy groups -OCH3 is 2. The van der Waals surface area contributed by atoms with E-state index in [1.807, 2.05) is 6.07 Å². The van der Waals surface area contributed by atoms with Crippen LogP contribution in [-0.4, -0.2) is 14.2 Å². The molecule has 1 aromatic carbocycles. The topological polar surface area (TPSA) is 22.3 Å². The van der Waals surface area contributed by atoms with Crippen molar-refractivity contribution in [2.75, 3.05) is 14.2 Å². The van der Waals surface area contributed by atoms with Crippen LogP contribution in [0.3, 0.4) is 0 Å². The predicted octanol–water partition coefficient (Wildman–Crippen LogP) is 2.40. The number of pyridine rings is 1. The third-order valence-electron chi connectivity index (χ3n) is 3.85. The molecule has 0 radical (unpaired) electrons. The van der Waals surface area contributed by atoms with E-state index in [1.54, 1.807) is 14.2 Å². The number of aromatic nitrogens is 1. The highest BCUT2D eigenvalue weighted by atomic mass is 16.5. The molecule has 0 amide bonds. The van der Waals surface area contributed by atoms with E-state index < -0.39 is 0 Å². The second-order valence-electron chi connectivity index (χ2n) is 4.74. The number of ether oxygens (including phenoxy) is 2. The van der Waals surface area contributed by atoms with Gasteiger partial charge in [-0.2, -0.15) is 4.57 Å². The first-order valence-electron chi connectivity index (χ1n) is 6.33. The number of hydrogen-bond donors (Lipinski definition) is 0. The Morgan fingerprint density at radius 3 is 2.67 bits per heavy atom. The maximum Gasteiger partial charge on any atom is 0.186 e. The Bertz CT molecular complexity index is 620. The Morgan fingerprint density at radius 1 is 1.11 bits per heavy atom. The van der Waals surface area contributed by atoms with Crippen LogP contribution in [0.25, 0.3) is 10.8 Å². The highest BCUT2D eigenvalue weighted by Crippen LogP contribution is 2.36. The average molecular weight is 244 g/mol. The van der Waals surface area contributed by atoms with Crippen LogP contribution in [0.5, 0.6) is 11.5 Å². The molecule has 0 N–H and O–H groups in total. The average Bonchev–Trinajstić information content (AvgIpc) is 2.86. The summed E-state index contributed by atoms with van der Waals surface area (Å²) in [5.41, 5.74) is 2.72. The SMILES string of the molecule is COc1ccc2c(C)[n+]3c(cc2c1OC)CCC3. The van der Waals surface area contributed by atoms with Crippen molar-refractivity contribution in [1.82, 2.24) is 0 Å². The van der Waals surface area contributed by atoms with Crippen LogP contribution >= 0.6 is 0 Å². The minimum absolute atomic E-state index is 0.798. The highest BCUT2D eigenvalue weighted by molar-refractivity contribution is 5.91. The molecular weight excluding hydrogens is 226 g/mol. The van der Waals surface area contributed by atoms with E-state index in [4.69, 9.17) is 9.47 Å². The van der Waals surface area contributed by atoms with Gasteiger partial charge in [0.1, 0.15) is 6.54 Å². The third kappa shape index (κ3) is 1.47. The Kier molecular flexibility index (Phi) is 2.62. The summed E-state index contributed by atoms with van der Waals surface area (Å²) in [4.78, 5) is 0. The maximum absolute atomic E-state index is 5.53. The number of aryl methyl sites for hydroxylation is 2. The monoisotopic (exact) mass is 244 g/mol. The number of hydrogen-bond acceptors (Lipinski definition) is 2. The van der Waals surface area contributed by atoms with Crippen LogP contribution in [0.4, 0.5) is 0 Å². The Labute approximate surface area is 107 Å². The molecule has 1 aromatic heterocycles. The molecule has 18 heavy (non-hydrogen) atoms. The van der Waals surface area contributed by atoms with Crippen molar-refractivity contribution in [3.63, 3.8) is 0 Å². The molecule has 2 heterocycles. The molecule has 3 heteroatoms. The number of benzene rings is 1. The second-order valence-corrected chi connectivity index (χ2v) is 4.74. The largest absolute Gasteiger partial charge is 0.493 e. The van der Waals surface area contributed by atoms with E-state index in [2.05, 4.69) is 23.6 Å². The molecule has 0 unspecified atom stereocenters. The van der Waals surface area contributed by atoms with Gasteiger partial charge >= 0.3 is 0 Å². The molecule has 2 aromatic rings. The molecule has 0 saturated heterocycles. The molecule has 0 aliphatic carbocycles. The minimum atomic E-state index is 0.798. The number of fused-ring (bicyclic) bond motifs is 2. The predicted molar refractivity (Wildman–Crippen MR) is 70.3 cm³/mol. The quantitative estimate of drug-likeness (QED) is 0.757. The van der Waals surface area contributed by atoms with Gasteiger partial charge in [0.2, 0.25) is 0 Å². The maximum atomic E-state index is 5.53. The van der Waals surface area contributed by atoms with Gasteiger partial charge in [-0.05, 0) is 12.1 Å². The second kappa shape index (κ2) is 4.16. The van der Waals surface area contributed by atoms with Gasteiger partial charge in [0.15, 0.2) is 22.9 Å². The van der Waals surface area contributed by atoms with Crippen molar-refractivity contribution >= 4 is 10.8 Å². The summed E-state index contributed by atoms with van der Waals surface area (Å²) >= 11 is 0. The fourth-order valence-corrected chi connectivity index (χ4v) is 2.95. The molecule has 94 valence electrons. The van der Waals surface area contributed by atoms with Crippen molar-refractivity contribution in [2.24, 2.45) is 0 Å². The van der Waals surface area contributed by atoms with Gasteiger partial charge in [-0.25, -0.2) is 0 Å². The van der Waals surface area contributed by atoms with Gasteiger partial charge in [-0.1, -0.05) is 0 Å². The molecule has 0 atom stereocenters. The first kappa shape index (κ1) is 11.3. The van der Waals surface area contributed by atoms with Crippen LogP contribution in [-0.2, 0) is 13.0 Å². The van der Waals surface area contributed by atoms with Gasteiger partial charge in [-0.15, -0.1) is 0 Å². The van der Waals surface area contributed by atoms with Crippen LogP contribution in [0.15, 0.2) is 18.2 Å². The molecule has 0 saturated carbocycles. The highest BCUT2D eigenvalue weighted by Gasteiger charge is 2.25. The van der Waals surface area contributed by atoms with Crippen LogP contribution < -0.4 is 14.0 Å². The van der Waals surface area contributed by atoms with Gasteiger partial charge in [0.05, 0.1) is 19.6 Å². The minimum Gasteiger partial charge on any atom is -0.493 e. The Hall–Kier alpha value is -1.77. The van der Waals surface area contributed by atoms with Gasteiger partial charge < -0.3 is 9.47 Å². The summed E-state index contributed by atoms with van der Waals surface area (Å²) in [6, 6.07) is 6.35. The van der Waals surface area contributed by atoms with E-state index in [9.17, 15) is 0 Å². The molecule has 3 rings (SSSR count). The van der Waals surface area contributed by atoms with Crippen LogP contribution in [0, 0.1) is 6.92 Å². The summed E-state index contributed by atoms with van der Waals surface area (Å²) in [6.45, 7) is 3.31. The van der Waals surface area contributed by atoms with Crippen LogP contribution in [0.2, 0.25) is 0 Å². The first-order valence-corrected chi connectivity index (χ1v) is 6.33. The molecule has 1 aliphatic rings. The van der Waals surface area contributed by atoms with Crippen molar-refractivity contribution in [3.05, 3.63) is 29.6 Å². The lowest BCUT2D eigenvalue weighted by molar-refractivity contribution is -0.695. The van der Waals surface area contributed by atoms with Crippen LogP contribution in [0.1, 0.15) is 17.8 Å². The van der Waals surface area contributed by atoms with Crippen molar-refractivity contribution in [1.29, 1.82) is 0 Å². The fourth-order valence-electron chi connectivity index (χ4n) is 2.95. The smallest absolute Gasteiger partial charge is 0.186 e. The standard InChI is InChI=1S/C15H18NO2/c1-10-12-6-7-14(17-2)15(18-3)13(12)9-11-5-4-8-16(10)11/h6-7,9H,4-5,8H2,1-3H3/q+1. The van der Waals surface area contributed by atoms with E-state index in [0.29, 0.717) is 0 Å². The Balaban J connectivity index is 2.38. The molecule has 0 fully saturated rings. The summed E-state index contributed by atoms with van der Waals surface area (Å²) in [6.07, 6.45) is 2.38.